The van der Waals surface area contributed by atoms with Gasteiger partial charge in [-0.15, -0.1) is 0 Å². The van der Waals surface area contributed by atoms with E-state index in [1.165, 1.54) is 0 Å². The van der Waals surface area contributed by atoms with Crippen molar-refractivity contribution in [2.24, 2.45) is 0 Å². The summed E-state index contributed by atoms with van der Waals surface area (Å²) in [7, 11) is 0. The standard InChI is InChI=1S/C15H18O2/c1-4-13(3)15(5-2)17-12-11-16-14-9-7-6-8-10-14/h4-10H,1-2,11-12H2,3H3/b15-13+. The number of ether oxygens (including phenoxy) is 2. The van der Waals surface area contributed by atoms with E-state index in [4.69, 9.17) is 9.47 Å². The van der Waals surface area contributed by atoms with E-state index in [0.717, 1.165) is 17.1 Å². The first-order chi connectivity index (χ1) is 8.27. The predicted octanol–water partition coefficient (Wildman–Crippen LogP) is 3.73. The Balaban J connectivity index is 2.33. The highest BCUT2D eigenvalue weighted by Gasteiger charge is 1.97. The van der Waals surface area contributed by atoms with Crippen LogP contribution in [0.15, 0.2) is 67.0 Å². The van der Waals surface area contributed by atoms with Crippen molar-refractivity contribution in [3.63, 3.8) is 0 Å². The molecule has 0 saturated heterocycles. The molecule has 0 aliphatic heterocycles. The third kappa shape index (κ3) is 4.60. The van der Waals surface area contributed by atoms with Gasteiger partial charge in [0, 0.05) is 0 Å². The van der Waals surface area contributed by atoms with Crippen LogP contribution in [0.4, 0.5) is 0 Å². The quantitative estimate of drug-likeness (QED) is 0.403. The third-order valence-electron chi connectivity index (χ3n) is 2.23. The maximum Gasteiger partial charge on any atom is 0.122 e. The van der Waals surface area contributed by atoms with E-state index in [-0.39, 0.29) is 0 Å². The first-order valence-corrected chi connectivity index (χ1v) is 5.54. The lowest BCUT2D eigenvalue weighted by atomic mass is 10.2. The van der Waals surface area contributed by atoms with Crippen molar-refractivity contribution in [3.05, 3.63) is 67.0 Å². The van der Waals surface area contributed by atoms with E-state index in [9.17, 15) is 0 Å². The van der Waals surface area contributed by atoms with Gasteiger partial charge in [0.15, 0.2) is 0 Å². The molecule has 0 radical (unpaired) electrons. The second-order valence-corrected chi connectivity index (χ2v) is 3.47. The maximum atomic E-state index is 5.53. The van der Waals surface area contributed by atoms with Gasteiger partial charge in [-0.05, 0) is 30.7 Å². The lowest BCUT2D eigenvalue weighted by Gasteiger charge is -2.10. The molecule has 0 aliphatic carbocycles. The molecule has 0 spiro atoms. The highest BCUT2D eigenvalue weighted by Crippen LogP contribution is 2.10. The first kappa shape index (κ1) is 13.1. The number of benzene rings is 1. The Morgan fingerprint density at radius 3 is 2.41 bits per heavy atom. The van der Waals surface area contributed by atoms with Gasteiger partial charge in [-0.25, -0.2) is 0 Å². The molecule has 17 heavy (non-hydrogen) atoms. The fourth-order valence-electron chi connectivity index (χ4n) is 1.26. The van der Waals surface area contributed by atoms with Crippen LogP contribution >= 0.6 is 0 Å². The predicted molar refractivity (Wildman–Crippen MR) is 71.0 cm³/mol. The summed E-state index contributed by atoms with van der Waals surface area (Å²) in [6.45, 7) is 10.3. The van der Waals surface area contributed by atoms with E-state index in [0.29, 0.717) is 13.2 Å². The van der Waals surface area contributed by atoms with Gasteiger partial charge in [-0.2, -0.15) is 0 Å². The summed E-state index contributed by atoms with van der Waals surface area (Å²) in [5.41, 5.74) is 0.972. The van der Waals surface area contributed by atoms with Gasteiger partial charge in [0.2, 0.25) is 0 Å². The minimum absolute atomic E-state index is 0.488. The molecule has 0 amide bonds. The molecule has 1 rings (SSSR count). The zero-order valence-electron chi connectivity index (χ0n) is 10.2. The Morgan fingerprint density at radius 1 is 1.12 bits per heavy atom. The van der Waals surface area contributed by atoms with Crippen molar-refractivity contribution in [1.82, 2.24) is 0 Å². The topological polar surface area (TPSA) is 18.5 Å². The van der Waals surface area contributed by atoms with Crippen molar-refractivity contribution in [1.29, 1.82) is 0 Å². The molecule has 0 N–H and O–H groups in total. The fourth-order valence-corrected chi connectivity index (χ4v) is 1.26. The highest BCUT2D eigenvalue weighted by atomic mass is 16.5. The van der Waals surface area contributed by atoms with Crippen LogP contribution in [0.3, 0.4) is 0 Å². The van der Waals surface area contributed by atoms with Crippen molar-refractivity contribution in [3.8, 4) is 5.75 Å². The average molecular weight is 230 g/mol. The van der Waals surface area contributed by atoms with E-state index in [2.05, 4.69) is 13.2 Å². The summed E-state index contributed by atoms with van der Waals surface area (Å²) >= 11 is 0. The zero-order valence-corrected chi connectivity index (χ0v) is 10.2. The summed E-state index contributed by atoms with van der Waals surface area (Å²) in [5.74, 6) is 1.59. The summed E-state index contributed by atoms with van der Waals surface area (Å²) in [5, 5.41) is 0. The second kappa shape index (κ2) is 7.34. The van der Waals surface area contributed by atoms with E-state index >= 15 is 0 Å². The van der Waals surface area contributed by atoms with Crippen LogP contribution in [0.2, 0.25) is 0 Å². The molecule has 0 saturated carbocycles. The van der Waals surface area contributed by atoms with Crippen LogP contribution in [-0.4, -0.2) is 13.2 Å². The lowest BCUT2D eigenvalue weighted by Crippen LogP contribution is -2.06. The first-order valence-electron chi connectivity index (χ1n) is 5.54. The van der Waals surface area contributed by atoms with Crippen LogP contribution in [0.5, 0.6) is 5.75 Å². The van der Waals surface area contributed by atoms with Crippen molar-refractivity contribution < 1.29 is 9.47 Å². The van der Waals surface area contributed by atoms with Crippen molar-refractivity contribution in [2.45, 2.75) is 6.92 Å². The maximum absolute atomic E-state index is 5.53. The summed E-state index contributed by atoms with van der Waals surface area (Å²) in [4.78, 5) is 0. The number of para-hydroxylation sites is 1. The van der Waals surface area contributed by atoms with Crippen molar-refractivity contribution >= 4 is 0 Å². The zero-order chi connectivity index (χ0) is 12.5. The Kier molecular flexibility index (Phi) is 5.66. The molecule has 1 aromatic carbocycles. The minimum Gasteiger partial charge on any atom is -0.490 e. The van der Waals surface area contributed by atoms with Crippen molar-refractivity contribution in [2.75, 3.05) is 13.2 Å². The third-order valence-corrected chi connectivity index (χ3v) is 2.23. The van der Waals surface area contributed by atoms with Crippen LogP contribution in [0.1, 0.15) is 6.92 Å². The summed E-state index contributed by atoms with van der Waals surface area (Å²) < 4.78 is 11.0. The van der Waals surface area contributed by atoms with Gasteiger partial charge in [0.05, 0.1) is 0 Å². The van der Waals surface area contributed by atoms with Gasteiger partial charge >= 0.3 is 0 Å². The molecule has 2 heteroatoms. The molecular formula is C15H18O2. The Bertz CT molecular complexity index is 391. The average Bonchev–Trinajstić information content (AvgIpc) is 2.39. The van der Waals surface area contributed by atoms with Gasteiger partial charge < -0.3 is 9.47 Å². The molecule has 0 atom stereocenters. The lowest BCUT2D eigenvalue weighted by molar-refractivity contribution is 0.162. The van der Waals surface area contributed by atoms with Crippen LogP contribution in [0.25, 0.3) is 0 Å². The second-order valence-electron chi connectivity index (χ2n) is 3.47. The Morgan fingerprint density at radius 2 is 1.82 bits per heavy atom. The molecule has 0 aliphatic rings. The minimum atomic E-state index is 0.488. The molecule has 1 aromatic rings. The van der Waals surface area contributed by atoms with Crippen LogP contribution in [-0.2, 0) is 4.74 Å². The van der Waals surface area contributed by atoms with E-state index < -0.39 is 0 Å². The number of hydrogen-bond acceptors (Lipinski definition) is 2. The van der Waals surface area contributed by atoms with E-state index in [1.54, 1.807) is 12.2 Å². The van der Waals surface area contributed by atoms with Crippen LogP contribution < -0.4 is 4.74 Å². The summed E-state index contributed by atoms with van der Waals surface area (Å²) in [6.07, 6.45) is 3.43. The van der Waals surface area contributed by atoms with Gasteiger partial charge in [0.1, 0.15) is 24.7 Å². The molecule has 0 fully saturated rings. The Hall–Kier alpha value is -1.96. The molecule has 0 unspecified atom stereocenters. The number of hydrogen-bond donors (Lipinski definition) is 0. The molecule has 0 heterocycles. The summed E-state index contributed by atoms with van der Waals surface area (Å²) in [6, 6.07) is 9.66. The van der Waals surface area contributed by atoms with Gasteiger partial charge in [-0.1, -0.05) is 37.4 Å². The monoisotopic (exact) mass is 230 g/mol. The molecule has 2 nitrogen and oxygen atoms in total. The molecule has 90 valence electrons. The highest BCUT2D eigenvalue weighted by molar-refractivity contribution is 5.24. The SMILES string of the molecule is C=C/C(C)=C(\C=C)OCCOc1ccccc1. The van der Waals surface area contributed by atoms with Gasteiger partial charge in [-0.3, -0.25) is 0 Å². The molecule has 0 bridgehead atoms. The normalized spacial score (nSPS) is 11.4. The Labute approximate surface area is 103 Å². The largest absolute Gasteiger partial charge is 0.490 e. The van der Waals surface area contributed by atoms with Gasteiger partial charge in [0.25, 0.3) is 0 Å². The van der Waals surface area contributed by atoms with Crippen LogP contribution in [0, 0.1) is 0 Å². The smallest absolute Gasteiger partial charge is 0.122 e. The van der Waals surface area contributed by atoms with E-state index in [1.807, 2.05) is 37.3 Å². The number of allylic oxidation sites excluding steroid dienone is 3. The molecule has 0 aromatic heterocycles. The number of rotatable bonds is 7. The fraction of sp³-hybridized carbons (Fsp3) is 0.200. The molecular weight excluding hydrogens is 212 g/mol.